The number of carboxylic acids is 1. The number of benzene rings is 2. The highest BCUT2D eigenvalue weighted by atomic mass is 35.5. The molecule has 0 saturated carbocycles. The molecule has 0 bridgehead atoms. The van der Waals surface area contributed by atoms with Crippen molar-refractivity contribution >= 4 is 17.6 Å². The first-order valence-electron chi connectivity index (χ1n) is 9.38. The molecule has 31 heavy (non-hydrogen) atoms. The summed E-state index contributed by atoms with van der Waals surface area (Å²) in [6, 6.07) is 6.54. The van der Waals surface area contributed by atoms with Crippen molar-refractivity contribution in [1.82, 2.24) is 4.90 Å². The molecule has 0 amide bonds. The monoisotopic (exact) mass is 465 g/mol. The van der Waals surface area contributed by atoms with Gasteiger partial charge >= 0.3 is 18.3 Å². The highest BCUT2D eigenvalue weighted by molar-refractivity contribution is 6.31. The Bertz CT molecular complexity index is 960. The minimum atomic E-state index is -4.75. The van der Waals surface area contributed by atoms with Crippen LogP contribution in [0.2, 0.25) is 5.02 Å². The van der Waals surface area contributed by atoms with E-state index in [2.05, 4.69) is 0 Å². The summed E-state index contributed by atoms with van der Waals surface area (Å²) in [5.41, 5.74) is -1.83. The zero-order valence-corrected chi connectivity index (χ0v) is 16.7. The largest absolute Gasteiger partial charge is 0.481 e. The summed E-state index contributed by atoms with van der Waals surface area (Å²) >= 11 is 5.71. The third-order valence-corrected chi connectivity index (χ3v) is 5.64. The molecule has 1 saturated heterocycles. The Morgan fingerprint density at radius 1 is 1.03 bits per heavy atom. The molecule has 1 fully saturated rings. The van der Waals surface area contributed by atoms with Crippen molar-refractivity contribution in [2.75, 3.05) is 13.1 Å². The van der Waals surface area contributed by atoms with Crippen LogP contribution in [0.1, 0.15) is 41.1 Å². The van der Waals surface area contributed by atoms with Gasteiger partial charge in [0.05, 0.1) is 28.1 Å². The van der Waals surface area contributed by atoms with Gasteiger partial charge in [0.1, 0.15) is 0 Å². The lowest BCUT2D eigenvalue weighted by Crippen LogP contribution is -2.41. The highest BCUT2D eigenvalue weighted by Gasteiger charge is 2.37. The zero-order chi connectivity index (χ0) is 23.0. The van der Waals surface area contributed by atoms with E-state index in [1.54, 1.807) is 4.90 Å². The van der Waals surface area contributed by atoms with Gasteiger partial charge in [-0.3, -0.25) is 9.69 Å². The van der Waals surface area contributed by atoms with Gasteiger partial charge in [0.25, 0.3) is 0 Å². The smallest absolute Gasteiger partial charge is 0.417 e. The van der Waals surface area contributed by atoms with Crippen molar-refractivity contribution < 1.29 is 36.2 Å². The van der Waals surface area contributed by atoms with Gasteiger partial charge in [-0.05, 0) is 54.8 Å². The van der Waals surface area contributed by atoms with Crippen LogP contribution in [0.4, 0.5) is 26.3 Å². The van der Waals surface area contributed by atoms with E-state index in [4.69, 9.17) is 11.6 Å². The topological polar surface area (TPSA) is 40.5 Å². The van der Waals surface area contributed by atoms with Crippen LogP contribution in [0.5, 0.6) is 0 Å². The Balaban J connectivity index is 2.13. The van der Waals surface area contributed by atoms with Gasteiger partial charge in [0.15, 0.2) is 0 Å². The molecule has 2 unspecified atom stereocenters. The summed E-state index contributed by atoms with van der Waals surface area (Å²) < 4.78 is 80.0. The maximum Gasteiger partial charge on any atom is 0.417 e. The minimum Gasteiger partial charge on any atom is -0.481 e. The predicted molar refractivity (Wildman–Crippen MR) is 102 cm³/mol. The van der Waals surface area contributed by atoms with Crippen LogP contribution in [0.25, 0.3) is 0 Å². The van der Waals surface area contributed by atoms with Gasteiger partial charge in [-0.2, -0.15) is 26.3 Å². The SMILES string of the molecule is O=C(O)C1CCCN(C(c2cccc(C(F)(F)F)c2)c2ccc(Cl)c(C(F)(F)F)c2)C1. The second-order valence-electron chi connectivity index (χ2n) is 7.44. The average Bonchev–Trinajstić information content (AvgIpc) is 2.68. The van der Waals surface area contributed by atoms with E-state index in [-0.39, 0.29) is 17.7 Å². The van der Waals surface area contributed by atoms with Crippen LogP contribution in [-0.4, -0.2) is 29.1 Å². The predicted octanol–water partition coefficient (Wildman–Crippen LogP) is 6.26. The molecule has 2 aromatic carbocycles. The number of hydrogen-bond donors (Lipinski definition) is 1. The normalized spacial score (nSPS) is 19.3. The lowest BCUT2D eigenvalue weighted by Gasteiger charge is -2.38. The van der Waals surface area contributed by atoms with E-state index in [0.717, 1.165) is 24.3 Å². The molecular weight excluding hydrogens is 448 g/mol. The van der Waals surface area contributed by atoms with Crippen molar-refractivity contribution in [3.63, 3.8) is 0 Å². The Kier molecular flexibility index (Phi) is 6.57. The first kappa shape index (κ1) is 23.4. The Hall–Kier alpha value is -2.26. The Labute approximate surface area is 179 Å². The van der Waals surface area contributed by atoms with Crippen LogP contribution in [-0.2, 0) is 17.1 Å². The summed E-state index contributed by atoms with van der Waals surface area (Å²) in [5, 5.41) is 8.85. The fourth-order valence-corrected chi connectivity index (χ4v) is 4.10. The molecular formula is C21H18ClF6NO2. The van der Waals surface area contributed by atoms with Gasteiger partial charge in [0, 0.05) is 6.54 Å². The van der Waals surface area contributed by atoms with Crippen LogP contribution in [0.15, 0.2) is 42.5 Å². The summed E-state index contributed by atoms with van der Waals surface area (Å²) in [7, 11) is 0. The maximum absolute atomic E-state index is 13.4. The van der Waals surface area contributed by atoms with Crippen molar-refractivity contribution in [2.45, 2.75) is 31.2 Å². The molecule has 1 aliphatic heterocycles. The summed E-state index contributed by atoms with van der Waals surface area (Å²) in [4.78, 5) is 13.1. The molecule has 3 rings (SSSR count). The molecule has 0 radical (unpaired) electrons. The van der Waals surface area contributed by atoms with Crippen LogP contribution in [0.3, 0.4) is 0 Å². The van der Waals surface area contributed by atoms with Crippen LogP contribution < -0.4 is 0 Å². The number of alkyl halides is 6. The molecule has 2 atom stereocenters. The summed E-state index contributed by atoms with van der Waals surface area (Å²) in [6.07, 6.45) is -8.55. The van der Waals surface area contributed by atoms with Crippen LogP contribution >= 0.6 is 11.6 Å². The van der Waals surface area contributed by atoms with Crippen LogP contribution in [0, 0.1) is 5.92 Å². The molecule has 10 heteroatoms. The number of hydrogen-bond acceptors (Lipinski definition) is 2. The number of carbonyl (C=O) groups is 1. The van der Waals surface area contributed by atoms with Gasteiger partial charge in [-0.15, -0.1) is 0 Å². The van der Waals surface area contributed by atoms with Gasteiger partial charge in [-0.25, -0.2) is 0 Å². The van der Waals surface area contributed by atoms with E-state index in [1.807, 2.05) is 0 Å². The van der Waals surface area contributed by atoms with Crippen molar-refractivity contribution in [3.05, 3.63) is 69.7 Å². The quantitative estimate of drug-likeness (QED) is 0.541. The van der Waals surface area contributed by atoms with Gasteiger partial charge < -0.3 is 5.11 Å². The fourth-order valence-electron chi connectivity index (χ4n) is 3.87. The molecule has 0 spiro atoms. The summed E-state index contributed by atoms with van der Waals surface area (Å²) in [5.74, 6) is -1.82. The minimum absolute atomic E-state index is 0.000221. The maximum atomic E-state index is 13.4. The standard InChI is InChI=1S/C21H18ClF6NO2/c22-17-7-6-13(10-16(17)21(26,27)28)18(29-8-2-4-14(11-29)19(30)31)12-3-1-5-15(9-12)20(23,24)25/h1,3,5-7,9-10,14,18H,2,4,8,11H2,(H,30,31). The number of carboxylic acid groups (broad SMARTS) is 1. The first-order chi connectivity index (χ1) is 14.4. The number of rotatable bonds is 4. The van der Waals surface area contributed by atoms with E-state index in [1.165, 1.54) is 18.2 Å². The van der Waals surface area contributed by atoms with E-state index >= 15 is 0 Å². The molecule has 1 heterocycles. The van der Waals surface area contributed by atoms with Gasteiger partial charge in [-0.1, -0.05) is 29.8 Å². The molecule has 1 aliphatic rings. The third-order valence-electron chi connectivity index (χ3n) is 5.31. The molecule has 1 N–H and O–H groups in total. The van der Waals surface area contributed by atoms with E-state index < -0.39 is 46.4 Å². The highest BCUT2D eigenvalue weighted by Crippen LogP contribution is 2.40. The van der Waals surface area contributed by atoms with Crippen molar-refractivity contribution in [1.29, 1.82) is 0 Å². The number of aliphatic carboxylic acids is 1. The zero-order valence-electron chi connectivity index (χ0n) is 16.0. The Morgan fingerprint density at radius 3 is 2.32 bits per heavy atom. The molecule has 168 valence electrons. The second kappa shape index (κ2) is 8.70. The average molecular weight is 466 g/mol. The summed E-state index contributed by atoms with van der Waals surface area (Å²) in [6.45, 7) is 0.328. The number of nitrogens with zero attached hydrogens (tertiary/aromatic N) is 1. The van der Waals surface area contributed by atoms with E-state index in [0.29, 0.717) is 19.4 Å². The van der Waals surface area contributed by atoms with Crippen molar-refractivity contribution in [3.8, 4) is 0 Å². The molecule has 2 aromatic rings. The third kappa shape index (κ3) is 5.33. The number of halogens is 7. The fraction of sp³-hybridized carbons (Fsp3) is 0.381. The number of likely N-dealkylation sites (tertiary alicyclic amines) is 1. The lowest BCUT2D eigenvalue weighted by atomic mass is 9.90. The Morgan fingerprint density at radius 2 is 1.71 bits per heavy atom. The second-order valence-corrected chi connectivity index (χ2v) is 7.84. The van der Waals surface area contributed by atoms with Gasteiger partial charge in [0.2, 0.25) is 0 Å². The molecule has 3 nitrogen and oxygen atoms in total. The molecule has 0 aliphatic carbocycles. The lowest BCUT2D eigenvalue weighted by molar-refractivity contribution is -0.143. The van der Waals surface area contributed by atoms with E-state index in [9.17, 15) is 36.2 Å². The number of piperidine rings is 1. The molecule has 0 aromatic heterocycles. The van der Waals surface area contributed by atoms with Crippen molar-refractivity contribution in [2.24, 2.45) is 5.92 Å². The first-order valence-corrected chi connectivity index (χ1v) is 9.76.